The lowest BCUT2D eigenvalue weighted by Gasteiger charge is -2.30. The van der Waals surface area contributed by atoms with E-state index in [4.69, 9.17) is 8.83 Å². The Morgan fingerprint density at radius 3 is 2.57 bits per heavy atom. The normalized spacial score (nSPS) is 15.0. The number of anilines is 1. The molecule has 3 heterocycles. The van der Waals surface area contributed by atoms with Gasteiger partial charge in [-0.15, -0.1) is 0 Å². The lowest BCUT2D eigenvalue weighted by molar-refractivity contribution is 0.0917. The predicted octanol–water partition coefficient (Wildman–Crippen LogP) is 3.58. The van der Waals surface area contributed by atoms with Gasteiger partial charge in [-0.25, -0.2) is 0 Å². The quantitative estimate of drug-likeness (QED) is 0.560. The molecule has 1 N–H and O–H groups in total. The fraction of sp³-hybridized carbons (Fsp3) is 0.261. The summed E-state index contributed by atoms with van der Waals surface area (Å²) in [5, 5.41) is 3.38. The first-order valence-electron chi connectivity index (χ1n) is 10.1. The highest BCUT2D eigenvalue weighted by Gasteiger charge is 2.23. The molecule has 1 fully saturated rings. The van der Waals surface area contributed by atoms with Crippen LogP contribution in [0.1, 0.15) is 23.4 Å². The molecule has 2 aromatic carbocycles. The van der Waals surface area contributed by atoms with Gasteiger partial charge in [-0.1, -0.05) is 24.3 Å². The minimum Gasteiger partial charge on any atom is -0.451 e. The first-order chi connectivity index (χ1) is 14.7. The number of amides is 1. The number of nitrogens with one attached hydrogen (secondary N) is 1. The van der Waals surface area contributed by atoms with Crippen molar-refractivity contribution >= 4 is 34.0 Å². The number of aromatic nitrogens is 1. The maximum atomic E-state index is 12.5. The molecule has 1 saturated heterocycles. The number of carbonyl (C=O) groups excluding carboxylic acids is 1. The second-order valence-corrected chi connectivity index (χ2v) is 7.58. The molecular weight excluding hydrogens is 382 g/mol. The van der Waals surface area contributed by atoms with E-state index in [1.807, 2.05) is 24.3 Å². The Morgan fingerprint density at radius 2 is 1.77 bits per heavy atom. The molecule has 0 spiro atoms. The fourth-order valence-electron chi connectivity index (χ4n) is 3.86. The molecule has 0 radical (unpaired) electrons. The second-order valence-electron chi connectivity index (χ2n) is 7.58. The molecule has 0 aliphatic carbocycles. The second kappa shape index (κ2) is 7.67. The molecule has 1 amide bonds. The average Bonchev–Trinajstić information content (AvgIpc) is 3.22. The standard InChI is InChI=1S/C23H21N3O4/c27-18-13-21(29-19-7-3-1-5-16(18)19)22(28)24-14-15-9-11-26(12-10-15)23-25-17-6-2-4-8-20(17)30-23/h1-8,13,15H,9-12,14H2,(H,24,28). The van der Waals surface area contributed by atoms with E-state index in [0.29, 0.717) is 29.4 Å². The summed E-state index contributed by atoms with van der Waals surface area (Å²) in [4.78, 5) is 31.4. The minimum atomic E-state index is -0.362. The number of hydrogen-bond donors (Lipinski definition) is 1. The molecule has 4 aromatic rings. The third-order valence-corrected chi connectivity index (χ3v) is 5.58. The van der Waals surface area contributed by atoms with Crippen LogP contribution in [0, 0.1) is 5.92 Å². The van der Waals surface area contributed by atoms with E-state index in [1.54, 1.807) is 24.3 Å². The van der Waals surface area contributed by atoms with Gasteiger partial charge in [0, 0.05) is 25.7 Å². The minimum absolute atomic E-state index is 0.0441. The third-order valence-electron chi connectivity index (χ3n) is 5.58. The summed E-state index contributed by atoms with van der Waals surface area (Å²) >= 11 is 0. The van der Waals surface area contributed by atoms with Gasteiger partial charge in [-0.05, 0) is 43.0 Å². The van der Waals surface area contributed by atoms with Crippen molar-refractivity contribution in [1.29, 1.82) is 0 Å². The Kier molecular flexibility index (Phi) is 4.71. The molecule has 1 aliphatic rings. The lowest BCUT2D eigenvalue weighted by Crippen LogP contribution is -2.39. The summed E-state index contributed by atoms with van der Waals surface area (Å²) in [5.41, 5.74) is 1.85. The van der Waals surface area contributed by atoms with Crippen molar-refractivity contribution in [3.05, 3.63) is 70.6 Å². The van der Waals surface area contributed by atoms with Gasteiger partial charge in [0.15, 0.2) is 16.8 Å². The van der Waals surface area contributed by atoms with Crippen LogP contribution in [0.15, 0.2) is 68.2 Å². The summed E-state index contributed by atoms with van der Waals surface area (Å²) < 4.78 is 11.5. The van der Waals surface area contributed by atoms with Crippen molar-refractivity contribution < 1.29 is 13.6 Å². The molecule has 152 valence electrons. The Bertz CT molecular complexity index is 1240. The number of fused-ring (bicyclic) bond motifs is 2. The molecule has 2 aromatic heterocycles. The van der Waals surface area contributed by atoms with Gasteiger partial charge in [0.2, 0.25) is 0 Å². The van der Waals surface area contributed by atoms with Crippen LogP contribution in [0.2, 0.25) is 0 Å². The SMILES string of the molecule is O=C(NCC1CCN(c2nc3ccccc3o2)CC1)c1cc(=O)c2ccccc2o1. The topological polar surface area (TPSA) is 88.6 Å². The van der Waals surface area contributed by atoms with Gasteiger partial charge in [0.25, 0.3) is 11.9 Å². The Balaban J connectivity index is 1.19. The molecule has 30 heavy (non-hydrogen) atoms. The van der Waals surface area contributed by atoms with E-state index in [9.17, 15) is 9.59 Å². The maximum absolute atomic E-state index is 12.5. The van der Waals surface area contributed by atoms with Crippen LogP contribution in [-0.2, 0) is 0 Å². The Labute approximate surface area is 172 Å². The van der Waals surface area contributed by atoms with Crippen molar-refractivity contribution in [2.75, 3.05) is 24.5 Å². The average molecular weight is 403 g/mol. The zero-order valence-corrected chi connectivity index (χ0v) is 16.3. The predicted molar refractivity (Wildman–Crippen MR) is 114 cm³/mol. The van der Waals surface area contributed by atoms with E-state index < -0.39 is 0 Å². The zero-order chi connectivity index (χ0) is 20.5. The number of rotatable bonds is 4. The molecule has 5 rings (SSSR count). The lowest BCUT2D eigenvalue weighted by atomic mass is 9.97. The molecule has 7 nitrogen and oxygen atoms in total. The van der Waals surface area contributed by atoms with Crippen LogP contribution in [-0.4, -0.2) is 30.5 Å². The van der Waals surface area contributed by atoms with Crippen LogP contribution < -0.4 is 15.6 Å². The molecule has 0 saturated carbocycles. The fourth-order valence-corrected chi connectivity index (χ4v) is 3.86. The van der Waals surface area contributed by atoms with Crippen LogP contribution in [0.25, 0.3) is 22.1 Å². The zero-order valence-electron chi connectivity index (χ0n) is 16.3. The number of carbonyl (C=O) groups is 1. The smallest absolute Gasteiger partial charge is 0.298 e. The van der Waals surface area contributed by atoms with Gasteiger partial charge in [0.1, 0.15) is 11.1 Å². The summed E-state index contributed by atoms with van der Waals surface area (Å²) in [6.07, 6.45) is 1.83. The molecule has 7 heteroatoms. The van der Waals surface area contributed by atoms with Gasteiger partial charge < -0.3 is 19.1 Å². The van der Waals surface area contributed by atoms with E-state index in [0.717, 1.165) is 37.0 Å². The van der Waals surface area contributed by atoms with Gasteiger partial charge in [0.05, 0.1) is 5.39 Å². The summed E-state index contributed by atoms with van der Waals surface area (Å²) in [5.74, 6) is 0.0311. The van der Waals surface area contributed by atoms with Gasteiger partial charge >= 0.3 is 0 Å². The summed E-state index contributed by atoms with van der Waals surface area (Å²) in [6.45, 7) is 2.17. The highest BCUT2D eigenvalue weighted by atomic mass is 16.4. The van der Waals surface area contributed by atoms with Gasteiger partial charge in [-0.3, -0.25) is 9.59 Å². The van der Waals surface area contributed by atoms with Gasteiger partial charge in [-0.2, -0.15) is 4.98 Å². The highest BCUT2D eigenvalue weighted by molar-refractivity contribution is 5.93. The molecule has 0 bridgehead atoms. The first-order valence-corrected chi connectivity index (χ1v) is 10.1. The highest BCUT2D eigenvalue weighted by Crippen LogP contribution is 2.26. The van der Waals surface area contributed by atoms with Crippen LogP contribution in [0.5, 0.6) is 0 Å². The van der Waals surface area contributed by atoms with E-state index in [-0.39, 0.29) is 17.1 Å². The molecular formula is C23H21N3O4. The van der Waals surface area contributed by atoms with Crippen LogP contribution in [0.4, 0.5) is 6.01 Å². The Morgan fingerprint density at radius 1 is 1.03 bits per heavy atom. The number of nitrogens with zero attached hydrogens (tertiary/aromatic N) is 2. The number of oxazole rings is 1. The molecule has 0 atom stereocenters. The molecule has 1 aliphatic heterocycles. The first kappa shape index (κ1) is 18.4. The van der Waals surface area contributed by atoms with E-state index in [2.05, 4.69) is 15.2 Å². The largest absolute Gasteiger partial charge is 0.451 e. The van der Waals surface area contributed by atoms with Crippen molar-refractivity contribution in [3.8, 4) is 0 Å². The number of piperidine rings is 1. The van der Waals surface area contributed by atoms with E-state index >= 15 is 0 Å². The Hall–Kier alpha value is -3.61. The van der Waals surface area contributed by atoms with Crippen LogP contribution in [0.3, 0.4) is 0 Å². The van der Waals surface area contributed by atoms with Crippen LogP contribution >= 0.6 is 0 Å². The molecule has 0 unspecified atom stereocenters. The number of hydrogen-bond acceptors (Lipinski definition) is 6. The number of para-hydroxylation sites is 3. The van der Waals surface area contributed by atoms with Crippen molar-refractivity contribution in [2.45, 2.75) is 12.8 Å². The third kappa shape index (κ3) is 3.54. The summed E-state index contributed by atoms with van der Waals surface area (Å²) in [7, 11) is 0. The van der Waals surface area contributed by atoms with Crippen molar-refractivity contribution in [1.82, 2.24) is 10.3 Å². The van der Waals surface area contributed by atoms with E-state index in [1.165, 1.54) is 6.07 Å². The maximum Gasteiger partial charge on any atom is 0.298 e. The van der Waals surface area contributed by atoms with Crippen molar-refractivity contribution in [2.24, 2.45) is 5.92 Å². The summed E-state index contributed by atoms with van der Waals surface area (Å²) in [6, 6.07) is 16.6. The monoisotopic (exact) mass is 403 g/mol. The number of benzene rings is 2. The van der Waals surface area contributed by atoms with Crippen molar-refractivity contribution in [3.63, 3.8) is 0 Å².